The summed E-state index contributed by atoms with van der Waals surface area (Å²) in [7, 11) is 3.40. The Labute approximate surface area is 141 Å². The smallest absolute Gasteiger partial charge is 0.257 e. The second-order valence-corrected chi connectivity index (χ2v) is 6.35. The van der Waals surface area contributed by atoms with E-state index >= 15 is 0 Å². The van der Waals surface area contributed by atoms with Gasteiger partial charge in [0.15, 0.2) is 0 Å². The van der Waals surface area contributed by atoms with Crippen molar-refractivity contribution in [1.82, 2.24) is 14.7 Å². The molecule has 2 unspecified atom stereocenters. The van der Waals surface area contributed by atoms with E-state index < -0.39 is 6.10 Å². The number of benzene rings is 1. The SMILES string of the molecule is COc1ccccc1-c1nn(C)cc1C(=O)N1CCC(C)C(O)C1. The Balaban J connectivity index is 1.96. The van der Waals surface area contributed by atoms with E-state index in [1.54, 1.807) is 29.9 Å². The fraction of sp³-hybridized carbons (Fsp3) is 0.444. The van der Waals surface area contributed by atoms with Gasteiger partial charge in [-0.2, -0.15) is 5.10 Å². The minimum atomic E-state index is -0.478. The lowest BCUT2D eigenvalue weighted by molar-refractivity contribution is 0.0249. The minimum absolute atomic E-state index is 0.102. The van der Waals surface area contributed by atoms with Crippen LogP contribution in [0.25, 0.3) is 11.3 Å². The molecule has 1 N–H and O–H groups in total. The lowest BCUT2D eigenvalue weighted by Gasteiger charge is -2.34. The predicted octanol–water partition coefficient (Wildman–Crippen LogP) is 1.94. The van der Waals surface area contributed by atoms with E-state index in [4.69, 9.17) is 4.74 Å². The molecule has 0 aliphatic carbocycles. The monoisotopic (exact) mass is 329 g/mol. The highest BCUT2D eigenvalue weighted by atomic mass is 16.5. The maximum absolute atomic E-state index is 13.0. The number of aromatic nitrogens is 2. The molecule has 1 saturated heterocycles. The van der Waals surface area contributed by atoms with Crippen LogP contribution >= 0.6 is 0 Å². The number of amides is 1. The van der Waals surface area contributed by atoms with Crippen LogP contribution in [0.1, 0.15) is 23.7 Å². The summed E-state index contributed by atoms with van der Waals surface area (Å²) in [5, 5.41) is 14.5. The first kappa shape index (κ1) is 16.5. The number of rotatable bonds is 3. The lowest BCUT2D eigenvalue weighted by atomic mass is 9.95. The molecule has 1 aliphatic rings. The van der Waals surface area contributed by atoms with Gasteiger partial charge in [-0.15, -0.1) is 0 Å². The Kier molecular flexibility index (Phi) is 4.57. The van der Waals surface area contributed by atoms with Crippen molar-refractivity contribution in [2.75, 3.05) is 20.2 Å². The summed E-state index contributed by atoms with van der Waals surface area (Å²) in [5.74, 6) is 0.796. The highest BCUT2D eigenvalue weighted by Crippen LogP contribution is 2.32. The van der Waals surface area contributed by atoms with Crippen molar-refractivity contribution >= 4 is 5.91 Å². The molecule has 0 radical (unpaired) electrons. The van der Waals surface area contributed by atoms with Crippen LogP contribution in [-0.4, -0.2) is 52.0 Å². The van der Waals surface area contributed by atoms with Gasteiger partial charge in [0.25, 0.3) is 5.91 Å². The zero-order chi connectivity index (χ0) is 17.3. The first-order chi connectivity index (χ1) is 11.5. The van der Waals surface area contributed by atoms with E-state index in [1.807, 2.05) is 31.2 Å². The van der Waals surface area contributed by atoms with Gasteiger partial charge < -0.3 is 14.7 Å². The van der Waals surface area contributed by atoms with Crippen molar-refractivity contribution < 1.29 is 14.6 Å². The van der Waals surface area contributed by atoms with E-state index in [0.717, 1.165) is 12.0 Å². The van der Waals surface area contributed by atoms with Crippen molar-refractivity contribution in [2.24, 2.45) is 13.0 Å². The molecule has 1 aromatic carbocycles. The van der Waals surface area contributed by atoms with Gasteiger partial charge in [-0.3, -0.25) is 9.48 Å². The largest absolute Gasteiger partial charge is 0.496 e. The number of aliphatic hydroxyl groups is 1. The molecule has 0 bridgehead atoms. The number of likely N-dealkylation sites (tertiary alicyclic amines) is 1. The lowest BCUT2D eigenvalue weighted by Crippen LogP contribution is -2.45. The van der Waals surface area contributed by atoms with Crippen LogP contribution < -0.4 is 4.74 Å². The van der Waals surface area contributed by atoms with Crippen LogP contribution in [0.2, 0.25) is 0 Å². The number of aliphatic hydroxyl groups excluding tert-OH is 1. The van der Waals surface area contributed by atoms with Gasteiger partial charge in [0.1, 0.15) is 11.4 Å². The Morgan fingerprint density at radius 1 is 1.38 bits per heavy atom. The number of para-hydroxylation sites is 1. The van der Waals surface area contributed by atoms with Crippen molar-refractivity contribution in [1.29, 1.82) is 0 Å². The molecule has 1 fully saturated rings. The molecule has 1 amide bonds. The molecular weight excluding hydrogens is 306 g/mol. The molecular formula is C18H23N3O3. The zero-order valence-corrected chi connectivity index (χ0v) is 14.3. The normalized spacial score (nSPS) is 20.9. The second kappa shape index (κ2) is 6.65. The fourth-order valence-corrected chi connectivity index (χ4v) is 3.09. The van der Waals surface area contributed by atoms with Crippen LogP contribution in [0.15, 0.2) is 30.5 Å². The summed E-state index contributed by atoms with van der Waals surface area (Å²) >= 11 is 0. The third kappa shape index (κ3) is 3.01. The first-order valence-corrected chi connectivity index (χ1v) is 8.15. The summed E-state index contributed by atoms with van der Waals surface area (Å²) in [6.45, 7) is 3.02. The molecule has 2 heterocycles. The highest BCUT2D eigenvalue weighted by Gasteiger charge is 2.30. The number of β-amino-alcohol motifs (C(OH)–C–C–N with tert-alkyl or cyclic N) is 1. The summed E-state index contributed by atoms with van der Waals surface area (Å²) in [6, 6.07) is 7.53. The molecule has 2 aromatic rings. The van der Waals surface area contributed by atoms with Gasteiger partial charge in [-0.25, -0.2) is 0 Å². The van der Waals surface area contributed by atoms with Crippen LogP contribution in [0, 0.1) is 5.92 Å². The van der Waals surface area contributed by atoms with E-state index in [1.165, 1.54) is 0 Å². The topological polar surface area (TPSA) is 67.6 Å². The molecule has 0 spiro atoms. The van der Waals surface area contributed by atoms with E-state index in [0.29, 0.717) is 30.1 Å². The van der Waals surface area contributed by atoms with Gasteiger partial charge >= 0.3 is 0 Å². The van der Waals surface area contributed by atoms with Crippen molar-refractivity contribution in [3.63, 3.8) is 0 Å². The maximum Gasteiger partial charge on any atom is 0.257 e. The Bertz CT molecular complexity index is 741. The Hall–Kier alpha value is -2.34. The summed E-state index contributed by atoms with van der Waals surface area (Å²) in [5.41, 5.74) is 1.92. The molecule has 128 valence electrons. The van der Waals surface area contributed by atoms with Crippen molar-refractivity contribution in [3.05, 3.63) is 36.0 Å². The average molecular weight is 329 g/mol. The molecule has 2 atom stereocenters. The van der Waals surface area contributed by atoms with Crippen molar-refractivity contribution in [3.8, 4) is 17.0 Å². The number of piperidine rings is 1. The van der Waals surface area contributed by atoms with Gasteiger partial charge in [0.2, 0.25) is 0 Å². The number of methoxy groups -OCH3 is 1. The molecule has 6 heteroatoms. The summed E-state index contributed by atoms with van der Waals surface area (Å²) in [4.78, 5) is 14.7. The molecule has 3 rings (SSSR count). The molecule has 1 aliphatic heterocycles. The van der Waals surface area contributed by atoms with Crippen LogP contribution in [0.3, 0.4) is 0 Å². The predicted molar refractivity (Wildman–Crippen MR) is 90.9 cm³/mol. The third-order valence-electron chi connectivity index (χ3n) is 4.63. The Morgan fingerprint density at radius 2 is 2.12 bits per heavy atom. The van der Waals surface area contributed by atoms with Crippen LogP contribution in [0.5, 0.6) is 5.75 Å². The average Bonchev–Trinajstić information content (AvgIpc) is 2.98. The molecule has 0 saturated carbocycles. The highest BCUT2D eigenvalue weighted by molar-refractivity contribution is 6.00. The first-order valence-electron chi connectivity index (χ1n) is 8.15. The summed E-state index contributed by atoms with van der Waals surface area (Å²) in [6.07, 6.45) is 2.06. The molecule has 6 nitrogen and oxygen atoms in total. The van der Waals surface area contributed by atoms with E-state index in [9.17, 15) is 9.90 Å². The minimum Gasteiger partial charge on any atom is -0.496 e. The zero-order valence-electron chi connectivity index (χ0n) is 14.3. The Morgan fingerprint density at radius 3 is 2.83 bits per heavy atom. The number of carbonyl (C=O) groups excluding carboxylic acids is 1. The van der Waals surface area contributed by atoms with Crippen LogP contribution in [0.4, 0.5) is 0 Å². The number of hydrogen-bond acceptors (Lipinski definition) is 4. The third-order valence-corrected chi connectivity index (χ3v) is 4.63. The van der Waals surface area contributed by atoms with Crippen molar-refractivity contribution in [2.45, 2.75) is 19.4 Å². The summed E-state index contributed by atoms with van der Waals surface area (Å²) < 4.78 is 7.04. The van der Waals surface area contributed by atoms with Gasteiger partial charge in [0.05, 0.1) is 18.8 Å². The van der Waals surface area contributed by atoms with Gasteiger partial charge in [-0.05, 0) is 24.5 Å². The van der Waals surface area contributed by atoms with Gasteiger partial charge in [-0.1, -0.05) is 19.1 Å². The standard InChI is InChI=1S/C18H23N3O3/c1-12-8-9-21(11-15(12)22)18(23)14-10-20(2)19-17(14)13-6-4-5-7-16(13)24-3/h4-7,10,12,15,22H,8-9,11H2,1-3H3. The quantitative estimate of drug-likeness (QED) is 0.934. The molecule has 1 aromatic heterocycles. The number of ether oxygens (including phenoxy) is 1. The number of aryl methyl sites for hydroxylation is 1. The van der Waals surface area contributed by atoms with E-state index in [2.05, 4.69) is 5.10 Å². The maximum atomic E-state index is 13.0. The molecule has 24 heavy (non-hydrogen) atoms. The fourth-order valence-electron chi connectivity index (χ4n) is 3.09. The number of carbonyl (C=O) groups is 1. The number of nitrogens with zero attached hydrogens (tertiary/aromatic N) is 3. The van der Waals surface area contributed by atoms with E-state index in [-0.39, 0.29) is 11.8 Å². The number of hydrogen-bond donors (Lipinski definition) is 1. The van der Waals surface area contributed by atoms with Gasteiger partial charge in [0, 0.05) is 31.9 Å². The van der Waals surface area contributed by atoms with Crippen LogP contribution in [-0.2, 0) is 7.05 Å². The second-order valence-electron chi connectivity index (χ2n) is 6.35.